The van der Waals surface area contributed by atoms with Crippen molar-refractivity contribution in [3.05, 3.63) is 17.7 Å². The summed E-state index contributed by atoms with van der Waals surface area (Å²) in [4.78, 5) is 29.4. The average Bonchev–Trinajstić information content (AvgIpc) is 3.51. The Hall–Kier alpha value is -2.64. The third kappa shape index (κ3) is 4.25. The molecule has 0 amide bonds. The molecule has 48 heavy (non-hydrogen) atoms. The van der Waals surface area contributed by atoms with E-state index < -0.39 is 29.2 Å². The van der Waals surface area contributed by atoms with Gasteiger partial charge < -0.3 is 43.0 Å². The summed E-state index contributed by atoms with van der Waals surface area (Å²) in [5.41, 5.74) is -1.84. The molecule has 1 aromatic rings. The fourth-order valence-electron chi connectivity index (χ4n) is 12.5. The van der Waals surface area contributed by atoms with Gasteiger partial charge >= 0.3 is 11.9 Å². The standard InChI is InChI=1S/C36H51NO11/c1-9-37-16-34(17-41-3)11-10-25(48-33(39)19-12-22(42-4)29(45-7)23(13-19)43-5)36-21-14-20-24(44-6)15-35(40,26(21)28(20)47-18(2)38)27(32(36)37)30(46-8)31(34)36/h12-13,20-21,24-28,30-32,40H,9-11,14-17H2,1-8H3/t20-,21-,24+,25+,26-,27+,28+,30+,31-,32?,34+,35-,36+/m1/s1. The van der Waals surface area contributed by atoms with E-state index in [2.05, 4.69) is 11.8 Å². The number of ether oxygens (including phenoxy) is 8. The van der Waals surface area contributed by atoms with Gasteiger partial charge in [0.2, 0.25) is 5.75 Å². The Bertz CT molecular complexity index is 1410. The highest BCUT2D eigenvalue weighted by Crippen LogP contribution is 2.79. The minimum Gasteiger partial charge on any atom is -0.493 e. The Kier molecular flexibility index (Phi) is 8.46. The molecule has 6 aliphatic rings. The predicted octanol–water partition coefficient (Wildman–Crippen LogP) is 2.96. The molecule has 5 aliphatic carbocycles. The summed E-state index contributed by atoms with van der Waals surface area (Å²) in [5, 5.41) is 13.2. The lowest BCUT2D eigenvalue weighted by molar-refractivity contribution is -0.273. The maximum atomic E-state index is 14.3. The summed E-state index contributed by atoms with van der Waals surface area (Å²) < 4.78 is 48.2. The van der Waals surface area contributed by atoms with E-state index in [1.54, 1.807) is 33.5 Å². The lowest BCUT2D eigenvalue weighted by Crippen LogP contribution is -2.76. The zero-order chi connectivity index (χ0) is 34.3. The van der Waals surface area contributed by atoms with Gasteiger partial charge in [0, 0.05) is 81.8 Å². The molecule has 0 radical (unpaired) electrons. The van der Waals surface area contributed by atoms with Crippen molar-refractivity contribution in [3.63, 3.8) is 0 Å². The average molecular weight is 674 g/mol. The van der Waals surface area contributed by atoms with Crippen molar-refractivity contribution in [2.75, 3.05) is 62.4 Å². The number of likely N-dealkylation sites (tertiary alicyclic amines) is 1. The number of rotatable bonds is 11. The van der Waals surface area contributed by atoms with Crippen LogP contribution in [0.2, 0.25) is 0 Å². The molecular formula is C36H51NO11. The first kappa shape index (κ1) is 33.8. The topological polar surface area (TPSA) is 131 Å². The molecule has 13 atom stereocenters. The van der Waals surface area contributed by atoms with Gasteiger partial charge in [-0.2, -0.15) is 0 Å². The van der Waals surface area contributed by atoms with Crippen LogP contribution in [0, 0.1) is 40.4 Å². The van der Waals surface area contributed by atoms with E-state index in [1.807, 2.05) is 0 Å². The first-order chi connectivity index (χ1) is 23.0. The number of carbonyl (C=O) groups excluding carboxylic acids is 2. The zero-order valence-corrected chi connectivity index (χ0v) is 29.4. The van der Waals surface area contributed by atoms with Crippen LogP contribution in [0.3, 0.4) is 0 Å². The summed E-state index contributed by atoms with van der Waals surface area (Å²) in [6.07, 6.45) is 0.847. The minimum absolute atomic E-state index is 0.0726. The number of nitrogens with zero attached hydrogens (tertiary/aromatic N) is 1. The smallest absolute Gasteiger partial charge is 0.338 e. The summed E-state index contributed by atoms with van der Waals surface area (Å²) in [6.45, 7) is 5.67. The Labute approximate surface area is 282 Å². The molecular weight excluding hydrogens is 622 g/mol. The SMILES string of the molecule is CCN1C[C@]2(COC)CC[C@H](OC(=O)c3cc(OC)c(OC)c(OC)c3)[C@]34C1[C@H]([C@H](OC)[C@H]23)[C@@]1(O)C[C@H](OC)[C@H]2C[C@@H]4[C@@H]1[C@H]2OC(C)=O. The highest BCUT2D eigenvalue weighted by Gasteiger charge is 2.87. The van der Waals surface area contributed by atoms with Crippen LogP contribution in [0.25, 0.3) is 0 Å². The number of carbonyl (C=O) groups is 2. The van der Waals surface area contributed by atoms with Crippen LogP contribution in [0.5, 0.6) is 17.2 Å². The normalized spacial score (nSPS) is 43.4. The summed E-state index contributed by atoms with van der Waals surface area (Å²) in [7, 11) is 9.71. The van der Waals surface area contributed by atoms with E-state index >= 15 is 0 Å². The highest BCUT2D eigenvalue weighted by molar-refractivity contribution is 5.91. The van der Waals surface area contributed by atoms with Crippen LogP contribution in [-0.4, -0.2) is 120 Å². The lowest BCUT2D eigenvalue weighted by atomic mass is 9.43. The second-order valence-electron chi connectivity index (χ2n) is 14.9. The third-order valence-corrected chi connectivity index (χ3v) is 13.5. The Morgan fingerprint density at radius 1 is 0.958 bits per heavy atom. The Balaban J connectivity index is 1.41. The number of piperidine rings is 1. The van der Waals surface area contributed by atoms with E-state index in [4.69, 9.17) is 37.9 Å². The number of hydrogen-bond donors (Lipinski definition) is 1. The molecule has 12 heteroatoms. The molecule has 5 saturated carbocycles. The van der Waals surface area contributed by atoms with E-state index in [0.29, 0.717) is 48.7 Å². The van der Waals surface area contributed by atoms with Gasteiger partial charge in [-0.3, -0.25) is 9.69 Å². The van der Waals surface area contributed by atoms with Crippen LogP contribution in [0.4, 0.5) is 0 Å². The van der Waals surface area contributed by atoms with Gasteiger partial charge in [-0.1, -0.05) is 6.92 Å². The number of fused-ring (bicyclic) bond motifs is 2. The fourth-order valence-corrected chi connectivity index (χ4v) is 12.5. The van der Waals surface area contributed by atoms with E-state index in [1.165, 1.54) is 28.3 Å². The number of hydrogen-bond acceptors (Lipinski definition) is 12. The monoisotopic (exact) mass is 673 g/mol. The van der Waals surface area contributed by atoms with E-state index in [9.17, 15) is 14.7 Å². The zero-order valence-electron chi connectivity index (χ0n) is 29.4. The van der Waals surface area contributed by atoms with Gasteiger partial charge in [-0.05, 0) is 43.9 Å². The second kappa shape index (κ2) is 12.0. The molecule has 6 fully saturated rings. The van der Waals surface area contributed by atoms with Crippen molar-refractivity contribution < 1.29 is 52.6 Å². The maximum Gasteiger partial charge on any atom is 0.338 e. The highest BCUT2D eigenvalue weighted by atomic mass is 16.6. The largest absolute Gasteiger partial charge is 0.493 e. The van der Waals surface area contributed by atoms with Gasteiger partial charge in [-0.25, -0.2) is 4.79 Å². The Morgan fingerprint density at radius 3 is 2.23 bits per heavy atom. The molecule has 0 aromatic heterocycles. The quantitative estimate of drug-likeness (QED) is 0.347. The van der Waals surface area contributed by atoms with E-state index in [0.717, 1.165) is 19.5 Å². The molecule has 1 aliphatic heterocycles. The van der Waals surface area contributed by atoms with Crippen LogP contribution < -0.4 is 14.2 Å². The van der Waals surface area contributed by atoms with Crippen LogP contribution in [-0.2, 0) is 28.5 Å². The second-order valence-corrected chi connectivity index (χ2v) is 14.9. The molecule has 12 nitrogen and oxygen atoms in total. The third-order valence-electron chi connectivity index (χ3n) is 13.5. The van der Waals surface area contributed by atoms with Crippen LogP contribution in [0.1, 0.15) is 49.9 Å². The molecule has 1 spiro atoms. The van der Waals surface area contributed by atoms with Gasteiger partial charge in [0.1, 0.15) is 12.2 Å². The molecule has 7 rings (SSSR count). The number of esters is 2. The van der Waals surface area contributed by atoms with Crippen LogP contribution >= 0.6 is 0 Å². The van der Waals surface area contributed by atoms with Gasteiger partial charge in [0.15, 0.2) is 11.5 Å². The van der Waals surface area contributed by atoms with Gasteiger partial charge in [-0.15, -0.1) is 0 Å². The number of benzene rings is 1. The van der Waals surface area contributed by atoms with E-state index in [-0.39, 0.29) is 59.2 Å². The first-order valence-electron chi connectivity index (χ1n) is 17.2. The van der Waals surface area contributed by atoms with Crippen molar-refractivity contribution in [2.24, 2.45) is 40.4 Å². The number of aliphatic hydroxyl groups is 1. The van der Waals surface area contributed by atoms with Gasteiger partial charge in [0.05, 0.1) is 51.3 Å². The molecule has 266 valence electrons. The molecule has 1 saturated heterocycles. The van der Waals surface area contributed by atoms with Crippen molar-refractivity contribution >= 4 is 11.9 Å². The molecule has 7 bridgehead atoms. The Morgan fingerprint density at radius 2 is 1.67 bits per heavy atom. The number of methoxy groups -OCH3 is 6. The molecule has 1 unspecified atom stereocenters. The molecule has 1 N–H and O–H groups in total. The predicted molar refractivity (Wildman–Crippen MR) is 171 cm³/mol. The molecule has 1 heterocycles. The lowest BCUT2D eigenvalue weighted by Gasteiger charge is -2.68. The molecule has 1 aromatic carbocycles. The fraction of sp³-hybridized carbons (Fsp3) is 0.778. The first-order valence-corrected chi connectivity index (χ1v) is 17.2. The maximum absolute atomic E-state index is 14.3. The summed E-state index contributed by atoms with van der Waals surface area (Å²) in [5.74, 6) is -0.736. The summed E-state index contributed by atoms with van der Waals surface area (Å²) in [6, 6.07) is 3.10. The van der Waals surface area contributed by atoms with Crippen LogP contribution in [0.15, 0.2) is 12.1 Å². The summed E-state index contributed by atoms with van der Waals surface area (Å²) >= 11 is 0. The van der Waals surface area contributed by atoms with Crippen molar-refractivity contribution in [1.29, 1.82) is 0 Å². The minimum atomic E-state index is -1.23. The van der Waals surface area contributed by atoms with Gasteiger partial charge in [0.25, 0.3) is 0 Å². The van der Waals surface area contributed by atoms with Crippen molar-refractivity contribution in [2.45, 2.75) is 75.6 Å². The van der Waals surface area contributed by atoms with Crippen molar-refractivity contribution in [3.8, 4) is 17.2 Å². The van der Waals surface area contributed by atoms with Crippen molar-refractivity contribution in [1.82, 2.24) is 4.90 Å².